The molecule has 0 bridgehead atoms. The number of fused-ring (bicyclic) bond motifs is 1. The van der Waals surface area contributed by atoms with Gasteiger partial charge < -0.3 is 13.9 Å². The summed E-state index contributed by atoms with van der Waals surface area (Å²) in [5.41, 5.74) is 3.00. The second-order valence-corrected chi connectivity index (χ2v) is 8.02. The highest BCUT2D eigenvalue weighted by Crippen LogP contribution is 2.33. The molecule has 4 rings (SSSR count). The van der Waals surface area contributed by atoms with Crippen molar-refractivity contribution in [3.8, 4) is 22.8 Å². The molecular weight excluding hydrogens is 362 g/mol. The van der Waals surface area contributed by atoms with Gasteiger partial charge in [-0.1, -0.05) is 31.4 Å². The summed E-state index contributed by atoms with van der Waals surface area (Å²) in [4.78, 5) is 5.21. The Bertz CT molecular complexity index is 1080. The van der Waals surface area contributed by atoms with Crippen molar-refractivity contribution < 1.29 is 13.9 Å². The van der Waals surface area contributed by atoms with Crippen molar-refractivity contribution in [2.75, 3.05) is 14.2 Å². The van der Waals surface area contributed by atoms with E-state index in [0.29, 0.717) is 23.5 Å². The van der Waals surface area contributed by atoms with E-state index in [0.717, 1.165) is 34.1 Å². The molecule has 152 valence electrons. The molecule has 0 spiro atoms. The molecule has 0 N–H and O–H groups in total. The van der Waals surface area contributed by atoms with E-state index in [1.54, 1.807) is 14.2 Å². The molecule has 0 radical (unpaired) electrons. The summed E-state index contributed by atoms with van der Waals surface area (Å²) < 4.78 is 17.1. The fourth-order valence-electron chi connectivity index (χ4n) is 4.19. The Morgan fingerprint density at radius 3 is 2.48 bits per heavy atom. The molecule has 4 heteroatoms. The number of nitrogens with zero attached hydrogens (tertiary/aromatic N) is 1. The number of benzene rings is 2. The minimum Gasteiger partial charge on any atom is -0.493 e. The first-order valence-corrected chi connectivity index (χ1v) is 10.4. The van der Waals surface area contributed by atoms with Gasteiger partial charge in [0.15, 0.2) is 11.5 Å². The van der Waals surface area contributed by atoms with E-state index in [4.69, 9.17) is 18.9 Å². The molecule has 1 aliphatic carbocycles. The first-order chi connectivity index (χ1) is 14.1. The lowest BCUT2D eigenvalue weighted by Gasteiger charge is -2.25. The molecule has 1 aliphatic rings. The van der Waals surface area contributed by atoms with Gasteiger partial charge in [-0.05, 0) is 56.0 Å². The maximum Gasteiger partial charge on any atom is 0.161 e. The predicted octanol–water partition coefficient (Wildman–Crippen LogP) is 5.90. The zero-order chi connectivity index (χ0) is 20.4. The molecule has 1 aromatic heterocycles. The lowest BCUT2D eigenvalue weighted by molar-refractivity contribution is 0.328. The molecule has 1 fully saturated rings. The number of methoxy groups -OCH3 is 2. The number of aryl methyl sites for hydroxylation is 1. The molecule has 29 heavy (non-hydrogen) atoms. The first-order valence-electron chi connectivity index (χ1n) is 10.4. The van der Waals surface area contributed by atoms with Crippen LogP contribution in [0.1, 0.15) is 38.2 Å². The van der Waals surface area contributed by atoms with Crippen LogP contribution in [-0.2, 0) is 0 Å². The second-order valence-electron chi connectivity index (χ2n) is 8.02. The van der Waals surface area contributed by atoms with E-state index in [1.165, 1.54) is 24.8 Å². The van der Waals surface area contributed by atoms with E-state index in [2.05, 4.69) is 32.0 Å². The Morgan fingerprint density at radius 2 is 1.72 bits per heavy atom. The summed E-state index contributed by atoms with van der Waals surface area (Å²) in [5, 5.41) is 2.09. The smallest absolute Gasteiger partial charge is 0.161 e. The predicted molar refractivity (Wildman–Crippen MR) is 116 cm³/mol. The highest BCUT2D eigenvalue weighted by Gasteiger charge is 2.20. The second kappa shape index (κ2) is 8.32. The summed E-state index contributed by atoms with van der Waals surface area (Å²) in [6.45, 7) is 4.43. The third-order valence-corrected chi connectivity index (χ3v) is 5.94. The quantitative estimate of drug-likeness (QED) is 0.556. The first kappa shape index (κ1) is 19.6. The third kappa shape index (κ3) is 4.02. The van der Waals surface area contributed by atoms with Crippen LogP contribution in [-0.4, -0.2) is 20.3 Å². The number of hydrogen-bond donors (Lipinski definition) is 0. The molecule has 1 heterocycles. The Hall–Kier alpha value is -2.75. The van der Waals surface area contributed by atoms with E-state index in [1.807, 2.05) is 24.3 Å². The van der Waals surface area contributed by atoms with Crippen LogP contribution in [0.2, 0.25) is 0 Å². The van der Waals surface area contributed by atoms with Crippen LogP contribution in [0.5, 0.6) is 11.5 Å². The van der Waals surface area contributed by atoms with Crippen molar-refractivity contribution in [2.24, 2.45) is 10.9 Å². The topological polar surface area (TPSA) is 44.0 Å². The van der Waals surface area contributed by atoms with Gasteiger partial charge in [-0.2, -0.15) is 0 Å². The van der Waals surface area contributed by atoms with Gasteiger partial charge in [0.05, 0.1) is 25.6 Å². The maximum absolute atomic E-state index is 6.28. The normalized spacial score (nSPS) is 20.1. The van der Waals surface area contributed by atoms with Gasteiger partial charge in [-0.3, -0.25) is 4.99 Å². The standard InChI is InChI=1S/C25H29NO3/c1-16-9-11-22-19(13-16)21(26-20-8-6-5-7-17(20)2)15-24(29-22)18-10-12-23(27-3)25(14-18)28-4/h9-15,17,20H,5-8H2,1-4H3. The minimum absolute atomic E-state index is 0.369. The van der Waals surface area contributed by atoms with Gasteiger partial charge in [0.1, 0.15) is 11.3 Å². The summed E-state index contributed by atoms with van der Waals surface area (Å²) in [5.74, 6) is 2.78. The fourth-order valence-corrected chi connectivity index (χ4v) is 4.19. The Labute approximate surface area is 172 Å². The number of hydrogen-bond acceptors (Lipinski definition) is 4. The van der Waals surface area contributed by atoms with Crippen LogP contribution >= 0.6 is 0 Å². The van der Waals surface area contributed by atoms with E-state index < -0.39 is 0 Å². The van der Waals surface area contributed by atoms with E-state index in [-0.39, 0.29) is 0 Å². The molecule has 1 saturated carbocycles. The molecule has 2 atom stereocenters. The largest absolute Gasteiger partial charge is 0.493 e. The van der Waals surface area contributed by atoms with Gasteiger partial charge in [-0.25, -0.2) is 0 Å². The van der Waals surface area contributed by atoms with Crippen LogP contribution in [0.3, 0.4) is 0 Å². The molecule has 0 aliphatic heterocycles. The molecule has 4 nitrogen and oxygen atoms in total. The average molecular weight is 392 g/mol. The zero-order valence-corrected chi connectivity index (χ0v) is 17.7. The van der Waals surface area contributed by atoms with Crippen LogP contribution < -0.4 is 14.8 Å². The van der Waals surface area contributed by atoms with Crippen LogP contribution in [0.25, 0.3) is 22.3 Å². The third-order valence-electron chi connectivity index (χ3n) is 5.94. The van der Waals surface area contributed by atoms with Crippen molar-refractivity contribution in [1.82, 2.24) is 0 Å². The molecule has 0 amide bonds. The highest BCUT2D eigenvalue weighted by molar-refractivity contribution is 5.79. The van der Waals surface area contributed by atoms with Gasteiger partial charge in [0.2, 0.25) is 0 Å². The summed E-state index contributed by atoms with van der Waals surface area (Å²) in [6, 6.07) is 14.6. The SMILES string of the molecule is COc1ccc(-c2cc(=NC3CCCCC3C)c3cc(C)ccc3o2)cc1OC. The fraction of sp³-hybridized carbons (Fsp3) is 0.400. The highest BCUT2D eigenvalue weighted by atomic mass is 16.5. The van der Waals surface area contributed by atoms with Crippen molar-refractivity contribution in [1.29, 1.82) is 0 Å². The van der Waals surface area contributed by atoms with Crippen LogP contribution in [0, 0.1) is 12.8 Å². The maximum atomic E-state index is 6.28. The lowest BCUT2D eigenvalue weighted by atomic mass is 9.86. The number of ether oxygens (including phenoxy) is 2. The van der Waals surface area contributed by atoms with Gasteiger partial charge in [0.25, 0.3) is 0 Å². The van der Waals surface area contributed by atoms with E-state index >= 15 is 0 Å². The Kier molecular flexibility index (Phi) is 5.61. The zero-order valence-electron chi connectivity index (χ0n) is 17.7. The van der Waals surface area contributed by atoms with Crippen LogP contribution in [0.15, 0.2) is 51.9 Å². The molecule has 3 aromatic rings. The molecule has 2 aromatic carbocycles. The van der Waals surface area contributed by atoms with Gasteiger partial charge in [-0.15, -0.1) is 0 Å². The summed E-state index contributed by atoms with van der Waals surface area (Å²) in [7, 11) is 3.29. The average Bonchev–Trinajstić information content (AvgIpc) is 2.75. The van der Waals surface area contributed by atoms with Crippen molar-refractivity contribution in [3.63, 3.8) is 0 Å². The lowest BCUT2D eigenvalue weighted by Crippen LogP contribution is -2.23. The summed E-state index contributed by atoms with van der Waals surface area (Å²) >= 11 is 0. The summed E-state index contributed by atoms with van der Waals surface area (Å²) in [6.07, 6.45) is 4.99. The molecular formula is C25H29NO3. The monoisotopic (exact) mass is 391 g/mol. The number of rotatable bonds is 4. The van der Waals surface area contributed by atoms with Crippen molar-refractivity contribution in [2.45, 2.75) is 45.6 Å². The minimum atomic E-state index is 0.369. The van der Waals surface area contributed by atoms with Crippen LogP contribution in [0.4, 0.5) is 0 Å². The van der Waals surface area contributed by atoms with E-state index in [9.17, 15) is 0 Å². The van der Waals surface area contributed by atoms with Gasteiger partial charge in [0, 0.05) is 17.0 Å². The molecule has 0 saturated heterocycles. The Morgan fingerprint density at radius 1 is 0.931 bits per heavy atom. The van der Waals surface area contributed by atoms with Crippen molar-refractivity contribution in [3.05, 3.63) is 53.4 Å². The molecule has 2 unspecified atom stereocenters. The Balaban J connectivity index is 1.89. The van der Waals surface area contributed by atoms with Gasteiger partial charge >= 0.3 is 0 Å². The van der Waals surface area contributed by atoms with Crippen molar-refractivity contribution >= 4 is 11.0 Å².